The summed E-state index contributed by atoms with van der Waals surface area (Å²) in [5, 5.41) is 4.49. The number of carbonyl (C=O) groups excluding carboxylic acids is 1. The van der Waals surface area contributed by atoms with Crippen LogP contribution in [-0.4, -0.2) is 25.8 Å². The molecule has 2 rings (SSSR count). The minimum atomic E-state index is -0.256. The van der Waals surface area contributed by atoms with E-state index in [4.69, 9.17) is 21.1 Å². The van der Waals surface area contributed by atoms with Crippen molar-refractivity contribution < 1.29 is 14.3 Å². The van der Waals surface area contributed by atoms with Crippen molar-refractivity contribution in [2.24, 2.45) is 11.0 Å². The Morgan fingerprint density at radius 2 is 1.88 bits per heavy atom. The summed E-state index contributed by atoms with van der Waals surface area (Å²) in [6.07, 6.45) is 1.70. The molecular formula is C20H23ClN2O3. The predicted molar refractivity (Wildman–Crippen MR) is 104 cm³/mol. The van der Waals surface area contributed by atoms with E-state index in [1.165, 1.54) is 0 Å². The third-order valence-electron chi connectivity index (χ3n) is 3.47. The zero-order valence-electron chi connectivity index (χ0n) is 15.2. The highest BCUT2D eigenvalue weighted by atomic mass is 35.5. The Morgan fingerprint density at radius 3 is 2.54 bits per heavy atom. The summed E-state index contributed by atoms with van der Waals surface area (Å²) >= 11 is 6.10. The van der Waals surface area contributed by atoms with Gasteiger partial charge in [0, 0.05) is 5.02 Å². The van der Waals surface area contributed by atoms with Crippen LogP contribution in [0.4, 0.5) is 0 Å². The average Bonchev–Trinajstić information content (AvgIpc) is 2.63. The highest BCUT2D eigenvalue weighted by Gasteiger charge is 2.08. The lowest BCUT2D eigenvalue weighted by Gasteiger charge is -2.08. The first kappa shape index (κ1) is 19.8. The fourth-order valence-corrected chi connectivity index (χ4v) is 2.30. The van der Waals surface area contributed by atoms with Gasteiger partial charge in [-0.05, 0) is 59.5 Å². The van der Waals surface area contributed by atoms with Gasteiger partial charge in [0.15, 0.2) is 0 Å². The van der Waals surface area contributed by atoms with Gasteiger partial charge >= 0.3 is 0 Å². The molecule has 1 amide bonds. The van der Waals surface area contributed by atoms with Crippen molar-refractivity contribution in [1.29, 1.82) is 0 Å². The molecule has 0 heterocycles. The Morgan fingerprint density at radius 1 is 1.19 bits per heavy atom. The standard InChI is InChI=1S/C20H23ClN2O3/c1-14(2)13-26-17-6-4-15(5-7-17)12-22-23-20(24)11-16-10-18(25-3)8-9-19(16)21/h4-10,12,14H,11,13H2,1-3H3,(H,23,24)/b22-12+. The van der Waals surface area contributed by atoms with Crippen LogP contribution in [0.25, 0.3) is 0 Å². The van der Waals surface area contributed by atoms with E-state index in [1.54, 1.807) is 31.5 Å². The summed E-state index contributed by atoms with van der Waals surface area (Å²) in [5.41, 5.74) is 4.05. The fourth-order valence-electron chi connectivity index (χ4n) is 2.12. The zero-order chi connectivity index (χ0) is 18.9. The second-order valence-corrected chi connectivity index (χ2v) is 6.61. The van der Waals surface area contributed by atoms with E-state index in [0.29, 0.717) is 28.9 Å². The number of hydrazone groups is 1. The van der Waals surface area contributed by atoms with Crippen molar-refractivity contribution in [2.45, 2.75) is 20.3 Å². The molecular weight excluding hydrogens is 352 g/mol. The van der Waals surface area contributed by atoms with E-state index in [0.717, 1.165) is 11.3 Å². The molecule has 0 radical (unpaired) electrons. The first-order valence-corrected chi connectivity index (χ1v) is 8.73. The van der Waals surface area contributed by atoms with Gasteiger partial charge in [-0.25, -0.2) is 5.43 Å². The quantitative estimate of drug-likeness (QED) is 0.559. The lowest BCUT2D eigenvalue weighted by molar-refractivity contribution is -0.120. The van der Waals surface area contributed by atoms with E-state index in [2.05, 4.69) is 24.4 Å². The van der Waals surface area contributed by atoms with Crippen LogP contribution in [0.5, 0.6) is 11.5 Å². The number of nitrogens with one attached hydrogen (secondary N) is 1. The molecule has 0 saturated heterocycles. The number of halogens is 1. The molecule has 2 aromatic rings. The van der Waals surface area contributed by atoms with Crippen LogP contribution >= 0.6 is 11.6 Å². The van der Waals surface area contributed by atoms with E-state index in [9.17, 15) is 4.79 Å². The molecule has 26 heavy (non-hydrogen) atoms. The van der Waals surface area contributed by atoms with Crippen molar-refractivity contribution in [3.05, 3.63) is 58.6 Å². The minimum absolute atomic E-state index is 0.120. The molecule has 0 unspecified atom stereocenters. The molecule has 5 nitrogen and oxygen atoms in total. The lowest BCUT2D eigenvalue weighted by atomic mass is 10.1. The van der Waals surface area contributed by atoms with E-state index >= 15 is 0 Å². The maximum Gasteiger partial charge on any atom is 0.244 e. The molecule has 0 aliphatic carbocycles. The average molecular weight is 375 g/mol. The molecule has 0 atom stereocenters. The van der Waals surface area contributed by atoms with Crippen molar-refractivity contribution >= 4 is 23.7 Å². The Kier molecular flexibility index (Phi) is 7.48. The van der Waals surface area contributed by atoms with Gasteiger partial charge < -0.3 is 9.47 Å². The van der Waals surface area contributed by atoms with Gasteiger partial charge in [0.05, 0.1) is 26.4 Å². The summed E-state index contributed by atoms with van der Waals surface area (Å²) in [5.74, 6) is 1.69. The molecule has 1 N–H and O–H groups in total. The number of carbonyl (C=O) groups is 1. The van der Waals surface area contributed by atoms with Gasteiger partial charge in [0.2, 0.25) is 5.91 Å². The Hall–Kier alpha value is -2.53. The van der Waals surface area contributed by atoms with Gasteiger partial charge in [-0.1, -0.05) is 25.4 Å². The smallest absolute Gasteiger partial charge is 0.244 e. The van der Waals surface area contributed by atoms with Crippen molar-refractivity contribution in [3.8, 4) is 11.5 Å². The number of nitrogens with zero attached hydrogens (tertiary/aromatic N) is 1. The topological polar surface area (TPSA) is 59.9 Å². The molecule has 0 aromatic heterocycles. The fraction of sp³-hybridized carbons (Fsp3) is 0.300. The first-order valence-electron chi connectivity index (χ1n) is 8.35. The van der Waals surface area contributed by atoms with Crippen LogP contribution < -0.4 is 14.9 Å². The molecule has 0 saturated carbocycles. The third kappa shape index (κ3) is 6.41. The molecule has 2 aromatic carbocycles. The number of hydrogen-bond donors (Lipinski definition) is 1. The maximum absolute atomic E-state index is 12.0. The number of amides is 1. The molecule has 0 aliphatic rings. The van der Waals surface area contributed by atoms with Crippen LogP contribution in [0.2, 0.25) is 5.02 Å². The van der Waals surface area contributed by atoms with Gasteiger partial charge in [-0.3, -0.25) is 4.79 Å². The van der Waals surface area contributed by atoms with Crippen molar-refractivity contribution in [3.63, 3.8) is 0 Å². The monoisotopic (exact) mass is 374 g/mol. The molecule has 0 aliphatic heterocycles. The number of methoxy groups -OCH3 is 1. The van der Waals surface area contributed by atoms with E-state index in [-0.39, 0.29) is 12.3 Å². The molecule has 138 valence electrons. The lowest BCUT2D eigenvalue weighted by Crippen LogP contribution is -2.20. The number of benzene rings is 2. The molecule has 6 heteroatoms. The Labute approximate surface area is 159 Å². The summed E-state index contributed by atoms with van der Waals surface area (Å²) in [6, 6.07) is 12.7. The first-order chi connectivity index (χ1) is 12.5. The van der Waals surface area contributed by atoms with Crippen LogP contribution in [-0.2, 0) is 11.2 Å². The minimum Gasteiger partial charge on any atom is -0.497 e. The Bertz CT molecular complexity index is 758. The van der Waals surface area contributed by atoms with E-state index in [1.807, 2.05) is 24.3 Å². The van der Waals surface area contributed by atoms with Gasteiger partial charge in [-0.15, -0.1) is 0 Å². The highest BCUT2D eigenvalue weighted by Crippen LogP contribution is 2.22. The van der Waals surface area contributed by atoms with Gasteiger partial charge in [0.1, 0.15) is 11.5 Å². The highest BCUT2D eigenvalue weighted by molar-refractivity contribution is 6.31. The SMILES string of the molecule is COc1ccc(Cl)c(CC(=O)N/N=C/c2ccc(OCC(C)C)cc2)c1. The number of rotatable bonds is 8. The second-order valence-electron chi connectivity index (χ2n) is 6.20. The van der Waals surface area contributed by atoms with E-state index < -0.39 is 0 Å². The summed E-state index contributed by atoms with van der Waals surface area (Å²) in [6.45, 7) is 4.88. The number of ether oxygens (including phenoxy) is 2. The van der Waals surface area contributed by atoms with Crippen molar-refractivity contribution in [1.82, 2.24) is 5.43 Å². The molecule has 0 bridgehead atoms. The van der Waals surface area contributed by atoms with Gasteiger partial charge in [0.25, 0.3) is 0 Å². The zero-order valence-corrected chi connectivity index (χ0v) is 15.9. The number of hydrogen-bond acceptors (Lipinski definition) is 4. The van der Waals surface area contributed by atoms with Crippen LogP contribution in [0.1, 0.15) is 25.0 Å². The van der Waals surface area contributed by atoms with Crippen molar-refractivity contribution in [2.75, 3.05) is 13.7 Å². The summed E-state index contributed by atoms with van der Waals surface area (Å²) < 4.78 is 10.8. The second kappa shape index (κ2) is 9.82. The van der Waals surface area contributed by atoms with Crippen LogP contribution in [0.3, 0.4) is 0 Å². The summed E-state index contributed by atoms with van der Waals surface area (Å²) in [7, 11) is 1.57. The largest absolute Gasteiger partial charge is 0.497 e. The molecule has 0 spiro atoms. The summed E-state index contributed by atoms with van der Waals surface area (Å²) in [4.78, 5) is 12.0. The maximum atomic E-state index is 12.0. The Balaban J connectivity index is 1.87. The van der Waals surface area contributed by atoms with Crippen LogP contribution in [0, 0.1) is 5.92 Å². The van der Waals surface area contributed by atoms with Gasteiger partial charge in [-0.2, -0.15) is 5.10 Å². The third-order valence-corrected chi connectivity index (χ3v) is 3.84. The predicted octanol–water partition coefficient (Wildman–Crippen LogP) is 4.08. The normalized spacial score (nSPS) is 11.0. The molecule has 0 fully saturated rings. The van der Waals surface area contributed by atoms with Crippen LogP contribution in [0.15, 0.2) is 47.6 Å².